The highest BCUT2D eigenvalue weighted by Gasteiger charge is 2.18. The molecule has 5 rings (SSSR count). The molecule has 0 saturated heterocycles. The lowest BCUT2D eigenvalue weighted by molar-refractivity contribution is 0.566. The van der Waals surface area contributed by atoms with Crippen molar-refractivity contribution in [2.24, 2.45) is 0 Å². The molecule has 1 heterocycles. The van der Waals surface area contributed by atoms with Crippen molar-refractivity contribution in [1.82, 2.24) is 9.55 Å². The largest absolute Gasteiger partial charge is 0.323 e. The third kappa shape index (κ3) is 3.95. The number of aryl methyl sites for hydroxylation is 1. The van der Waals surface area contributed by atoms with Gasteiger partial charge in [0, 0.05) is 27.4 Å². The van der Waals surface area contributed by atoms with Gasteiger partial charge in [-0.25, -0.2) is 4.98 Å². The lowest BCUT2D eigenvalue weighted by Gasteiger charge is -2.12. The molecule has 0 atom stereocenters. The minimum atomic E-state index is 0.996. The maximum Gasteiger partial charge on any atom is 0.141 e. The minimum absolute atomic E-state index is 0.996. The standard InChI is InChI=1S/C29H29BrN2/c1-2-3-4-5-6-11-20-32-28-26-15-10-8-13-24(26)23-12-7-9-14-25(23)27(28)31-29(32)21-16-18-22(30)19-17-21/h7-10,12-19H,2-6,11,20H2,1H3. The molecule has 0 fully saturated rings. The topological polar surface area (TPSA) is 17.8 Å². The smallest absolute Gasteiger partial charge is 0.141 e. The van der Waals surface area contributed by atoms with Crippen LogP contribution >= 0.6 is 15.9 Å². The molecule has 162 valence electrons. The Hall–Kier alpha value is -2.65. The van der Waals surface area contributed by atoms with Crippen LogP contribution in [0.4, 0.5) is 0 Å². The van der Waals surface area contributed by atoms with Gasteiger partial charge in [0.25, 0.3) is 0 Å². The van der Waals surface area contributed by atoms with Gasteiger partial charge >= 0.3 is 0 Å². The molecule has 0 aliphatic heterocycles. The molecule has 0 radical (unpaired) electrons. The fourth-order valence-corrected chi connectivity index (χ4v) is 5.11. The Kier molecular flexibility index (Phi) is 6.27. The minimum Gasteiger partial charge on any atom is -0.323 e. The molecular weight excluding hydrogens is 456 g/mol. The molecule has 0 N–H and O–H groups in total. The summed E-state index contributed by atoms with van der Waals surface area (Å²) in [4.78, 5) is 5.27. The summed E-state index contributed by atoms with van der Waals surface area (Å²) in [6.45, 7) is 3.27. The molecule has 0 aliphatic rings. The quantitative estimate of drug-likeness (QED) is 0.158. The lowest BCUT2D eigenvalue weighted by atomic mass is 10.00. The van der Waals surface area contributed by atoms with E-state index in [0.29, 0.717) is 0 Å². The highest BCUT2D eigenvalue weighted by molar-refractivity contribution is 9.10. The van der Waals surface area contributed by atoms with Crippen molar-refractivity contribution < 1.29 is 0 Å². The summed E-state index contributed by atoms with van der Waals surface area (Å²) < 4.78 is 3.57. The Morgan fingerprint density at radius 3 is 2.00 bits per heavy atom. The Bertz CT molecular complexity index is 1370. The van der Waals surface area contributed by atoms with E-state index < -0.39 is 0 Å². The van der Waals surface area contributed by atoms with Crippen LogP contribution in [0, 0.1) is 0 Å². The average molecular weight is 485 g/mol. The monoisotopic (exact) mass is 484 g/mol. The zero-order valence-corrected chi connectivity index (χ0v) is 20.2. The first kappa shape index (κ1) is 21.2. The number of halogens is 1. The van der Waals surface area contributed by atoms with E-state index in [0.717, 1.165) is 22.4 Å². The van der Waals surface area contributed by atoms with Crippen LogP contribution in [0.2, 0.25) is 0 Å². The normalized spacial score (nSPS) is 11.7. The Labute approximate surface area is 198 Å². The van der Waals surface area contributed by atoms with E-state index in [9.17, 15) is 0 Å². The predicted octanol–water partition coefficient (Wildman–Crippen LogP) is 9.13. The predicted molar refractivity (Wildman–Crippen MR) is 141 cm³/mol. The Morgan fingerprint density at radius 1 is 0.688 bits per heavy atom. The van der Waals surface area contributed by atoms with Gasteiger partial charge in [-0.3, -0.25) is 0 Å². The van der Waals surface area contributed by atoms with Crippen LogP contribution in [-0.4, -0.2) is 9.55 Å². The van der Waals surface area contributed by atoms with Crippen LogP contribution in [0.5, 0.6) is 0 Å². The van der Waals surface area contributed by atoms with Crippen molar-refractivity contribution in [1.29, 1.82) is 0 Å². The summed E-state index contributed by atoms with van der Waals surface area (Å²) in [6, 6.07) is 26.1. The van der Waals surface area contributed by atoms with Crippen molar-refractivity contribution in [3.63, 3.8) is 0 Å². The number of hydrogen-bond donors (Lipinski definition) is 0. The fraction of sp³-hybridized carbons (Fsp3) is 0.276. The first-order valence-corrected chi connectivity index (χ1v) is 12.6. The molecule has 1 aromatic heterocycles. The van der Waals surface area contributed by atoms with E-state index in [4.69, 9.17) is 4.98 Å². The van der Waals surface area contributed by atoms with Crippen LogP contribution in [-0.2, 0) is 6.54 Å². The molecule has 32 heavy (non-hydrogen) atoms. The summed E-state index contributed by atoms with van der Waals surface area (Å²) in [5.74, 6) is 1.07. The SMILES string of the molecule is CCCCCCCCn1c(-c2ccc(Br)cc2)nc2c3ccccc3c3ccccc3c21. The van der Waals surface area contributed by atoms with Gasteiger partial charge in [-0.05, 0) is 29.3 Å². The van der Waals surface area contributed by atoms with E-state index in [1.807, 2.05) is 0 Å². The molecule has 0 spiro atoms. The van der Waals surface area contributed by atoms with Crippen molar-refractivity contribution in [3.8, 4) is 11.4 Å². The molecule has 2 nitrogen and oxygen atoms in total. The third-order valence-corrected chi connectivity index (χ3v) is 6.99. The lowest BCUT2D eigenvalue weighted by Crippen LogP contribution is -2.01. The van der Waals surface area contributed by atoms with E-state index in [2.05, 4.69) is 100 Å². The van der Waals surface area contributed by atoms with E-state index in [1.54, 1.807) is 0 Å². The Balaban J connectivity index is 1.70. The molecule has 0 aliphatic carbocycles. The van der Waals surface area contributed by atoms with Gasteiger partial charge in [0.05, 0.1) is 11.0 Å². The summed E-state index contributed by atoms with van der Waals surface area (Å²) in [7, 11) is 0. The first-order valence-electron chi connectivity index (χ1n) is 11.8. The molecule has 3 heteroatoms. The van der Waals surface area contributed by atoms with Gasteiger partial charge in [-0.2, -0.15) is 0 Å². The van der Waals surface area contributed by atoms with Crippen molar-refractivity contribution >= 4 is 48.5 Å². The highest BCUT2D eigenvalue weighted by atomic mass is 79.9. The maximum absolute atomic E-state index is 5.27. The zero-order chi connectivity index (χ0) is 21.9. The average Bonchev–Trinajstić information content (AvgIpc) is 3.22. The molecule has 5 aromatic rings. The molecule has 0 amide bonds. The van der Waals surface area contributed by atoms with Crippen LogP contribution in [0.1, 0.15) is 45.4 Å². The number of benzene rings is 4. The number of fused-ring (bicyclic) bond motifs is 6. The van der Waals surface area contributed by atoms with Crippen LogP contribution in [0.3, 0.4) is 0 Å². The third-order valence-electron chi connectivity index (χ3n) is 6.46. The summed E-state index contributed by atoms with van der Waals surface area (Å²) in [5.41, 5.74) is 3.55. The van der Waals surface area contributed by atoms with Gasteiger partial charge < -0.3 is 4.57 Å². The van der Waals surface area contributed by atoms with Crippen LogP contribution < -0.4 is 0 Å². The number of nitrogens with zero attached hydrogens (tertiary/aromatic N) is 2. The molecule has 0 bridgehead atoms. The van der Waals surface area contributed by atoms with Gasteiger partial charge in [-0.1, -0.05) is 116 Å². The number of unbranched alkanes of at least 4 members (excludes halogenated alkanes) is 5. The van der Waals surface area contributed by atoms with Gasteiger partial charge in [0.15, 0.2) is 0 Å². The van der Waals surface area contributed by atoms with Gasteiger partial charge in [0.2, 0.25) is 0 Å². The Morgan fingerprint density at radius 2 is 1.28 bits per heavy atom. The molecule has 4 aromatic carbocycles. The molecule has 0 unspecified atom stereocenters. The second kappa shape index (κ2) is 9.46. The first-order chi connectivity index (χ1) is 15.8. The van der Waals surface area contributed by atoms with Crippen LogP contribution in [0.15, 0.2) is 77.3 Å². The van der Waals surface area contributed by atoms with Crippen molar-refractivity contribution in [2.45, 2.75) is 52.0 Å². The molecule has 0 saturated carbocycles. The van der Waals surface area contributed by atoms with Crippen molar-refractivity contribution in [2.75, 3.05) is 0 Å². The molecular formula is C29H29BrN2. The van der Waals surface area contributed by atoms with Crippen LogP contribution in [0.25, 0.3) is 44.0 Å². The number of imidazole rings is 1. The summed E-state index contributed by atoms with van der Waals surface area (Å²) >= 11 is 3.58. The summed E-state index contributed by atoms with van der Waals surface area (Å²) in [5, 5.41) is 5.12. The summed E-state index contributed by atoms with van der Waals surface area (Å²) in [6.07, 6.45) is 7.74. The van der Waals surface area contributed by atoms with Crippen molar-refractivity contribution in [3.05, 3.63) is 77.3 Å². The van der Waals surface area contributed by atoms with Gasteiger partial charge in [0.1, 0.15) is 5.82 Å². The van der Waals surface area contributed by atoms with E-state index >= 15 is 0 Å². The number of aromatic nitrogens is 2. The highest BCUT2D eigenvalue weighted by Crippen LogP contribution is 2.37. The fourth-order valence-electron chi connectivity index (χ4n) is 4.85. The van der Waals surface area contributed by atoms with Gasteiger partial charge in [-0.15, -0.1) is 0 Å². The zero-order valence-electron chi connectivity index (χ0n) is 18.7. The maximum atomic E-state index is 5.27. The number of rotatable bonds is 8. The van der Waals surface area contributed by atoms with E-state index in [1.165, 1.54) is 71.1 Å². The van der Waals surface area contributed by atoms with E-state index in [-0.39, 0.29) is 0 Å². The number of hydrogen-bond acceptors (Lipinski definition) is 1. The second-order valence-corrected chi connectivity index (χ2v) is 9.57. The second-order valence-electron chi connectivity index (χ2n) is 8.65.